The van der Waals surface area contributed by atoms with E-state index in [-0.39, 0.29) is 19.0 Å². The zero-order valence-electron chi connectivity index (χ0n) is 16.1. The molecule has 0 aliphatic carbocycles. The molecule has 2 aromatic carbocycles. The molecule has 29 heavy (non-hydrogen) atoms. The number of rotatable bonds is 9. The van der Waals surface area contributed by atoms with Crippen LogP contribution in [0.2, 0.25) is 0 Å². The van der Waals surface area contributed by atoms with Crippen LogP contribution in [-0.2, 0) is 20.9 Å². The number of carbonyl (C=O) groups is 2. The number of carbonyl (C=O) groups excluding carboxylic acids is 2. The molecule has 2 N–H and O–H groups in total. The molecule has 0 heterocycles. The van der Waals surface area contributed by atoms with Gasteiger partial charge in [0.1, 0.15) is 12.4 Å². The quantitative estimate of drug-likeness (QED) is 0.287. The van der Waals surface area contributed by atoms with Crippen LogP contribution in [0.3, 0.4) is 0 Å². The molecule has 0 aliphatic heterocycles. The number of hydrogen-bond acceptors (Lipinski definition) is 6. The van der Waals surface area contributed by atoms with E-state index in [4.69, 9.17) is 14.2 Å². The Morgan fingerprint density at radius 2 is 1.86 bits per heavy atom. The van der Waals surface area contributed by atoms with Gasteiger partial charge >= 0.3 is 11.8 Å². The SMILES string of the molecule is COCCNC(=O)C(=O)N/N=C\c1cccc(OC)c1OCc1ccc(F)cc1. The van der Waals surface area contributed by atoms with Crippen molar-refractivity contribution in [1.82, 2.24) is 10.7 Å². The molecule has 0 atom stereocenters. The number of benzene rings is 2. The summed E-state index contributed by atoms with van der Waals surface area (Å²) in [5, 5.41) is 6.17. The van der Waals surface area contributed by atoms with Crippen LogP contribution in [0.25, 0.3) is 0 Å². The van der Waals surface area contributed by atoms with Gasteiger partial charge in [-0.05, 0) is 29.8 Å². The lowest BCUT2D eigenvalue weighted by Crippen LogP contribution is -2.39. The standard InChI is InChI=1S/C20H22FN3O5/c1-27-11-10-22-19(25)20(26)24-23-12-15-4-3-5-17(28-2)18(15)29-13-14-6-8-16(21)9-7-14/h3-9,12H,10-11,13H2,1-2H3,(H,22,25)(H,24,26)/b23-12-. The molecule has 2 amide bonds. The zero-order chi connectivity index (χ0) is 21.1. The largest absolute Gasteiger partial charge is 0.493 e. The lowest BCUT2D eigenvalue weighted by Gasteiger charge is -2.13. The third kappa shape index (κ3) is 6.89. The number of nitrogens with one attached hydrogen (secondary N) is 2. The minimum atomic E-state index is -0.908. The van der Waals surface area contributed by atoms with Crippen LogP contribution in [0.15, 0.2) is 47.6 Å². The predicted octanol–water partition coefficient (Wildman–Crippen LogP) is 1.63. The van der Waals surface area contributed by atoms with Crippen LogP contribution in [0, 0.1) is 5.82 Å². The van der Waals surface area contributed by atoms with Crippen molar-refractivity contribution >= 4 is 18.0 Å². The summed E-state index contributed by atoms with van der Waals surface area (Å²) in [7, 11) is 2.98. The van der Waals surface area contributed by atoms with Gasteiger partial charge in [0.2, 0.25) is 0 Å². The summed E-state index contributed by atoms with van der Waals surface area (Å²) in [6, 6.07) is 11.1. The van der Waals surface area contributed by atoms with E-state index in [0.29, 0.717) is 23.7 Å². The molecular formula is C20H22FN3O5. The Morgan fingerprint density at radius 1 is 1.10 bits per heavy atom. The second kappa shape index (κ2) is 11.4. The summed E-state index contributed by atoms with van der Waals surface area (Å²) < 4.78 is 28.9. The highest BCUT2D eigenvalue weighted by atomic mass is 19.1. The second-order valence-electron chi connectivity index (χ2n) is 5.74. The third-order valence-electron chi connectivity index (χ3n) is 3.69. The summed E-state index contributed by atoms with van der Waals surface area (Å²) in [4.78, 5) is 23.3. The van der Waals surface area contributed by atoms with E-state index in [1.165, 1.54) is 32.6 Å². The number of amides is 2. The maximum absolute atomic E-state index is 13.0. The van der Waals surface area contributed by atoms with Crippen molar-refractivity contribution in [3.05, 3.63) is 59.4 Å². The van der Waals surface area contributed by atoms with Crippen LogP contribution >= 0.6 is 0 Å². The minimum Gasteiger partial charge on any atom is -0.493 e. The Hall–Kier alpha value is -3.46. The molecule has 0 radical (unpaired) electrons. The van der Waals surface area contributed by atoms with Gasteiger partial charge in [0, 0.05) is 19.2 Å². The van der Waals surface area contributed by atoms with Crippen molar-refractivity contribution in [2.24, 2.45) is 5.10 Å². The summed E-state index contributed by atoms with van der Waals surface area (Å²) in [5.41, 5.74) is 3.43. The van der Waals surface area contributed by atoms with Crippen LogP contribution < -0.4 is 20.2 Å². The van der Waals surface area contributed by atoms with E-state index in [0.717, 1.165) is 5.56 Å². The molecule has 0 aromatic heterocycles. The van der Waals surface area contributed by atoms with E-state index in [1.807, 2.05) is 0 Å². The Kier molecular flexibility index (Phi) is 8.58. The van der Waals surface area contributed by atoms with Crippen molar-refractivity contribution in [2.45, 2.75) is 6.61 Å². The van der Waals surface area contributed by atoms with E-state index in [1.54, 1.807) is 30.3 Å². The molecule has 9 heteroatoms. The Morgan fingerprint density at radius 3 is 2.55 bits per heavy atom. The summed E-state index contributed by atoms with van der Waals surface area (Å²) in [6.07, 6.45) is 1.34. The number of hydrogen-bond donors (Lipinski definition) is 2. The first-order valence-corrected chi connectivity index (χ1v) is 8.69. The molecule has 0 fully saturated rings. The van der Waals surface area contributed by atoms with E-state index in [2.05, 4.69) is 15.8 Å². The molecule has 0 unspecified atom stereocenters. The van der Waals surface area contributed by atoms with Gasteiger partial charge in [0.15, 0.2) is 11.5 Å². The molecule has 0 spiro atoms. The molecule has 154 valence electrons. The highest BCUT2D eigenvalue weighted by Crippen LogP contribution is 2.30. The number of ether oxygens (including phenoxy) is 3. The number of halogens is 1. The molecule has 0 saturated carbocycles. The first-order chi connectivity index (χ1) is 14.0. The van der Waals surface area contributed by atoms with Crippen LogP contribution in [0.5, 0.6) is 11.5 Å². The topological polar surface area (TPSA) is 98.2 Å². The zero-order valence-corrected chi connectivity index (χ0v) is 16.1. The number of methoxy groups -OCH3 is 2. The smallest absolute Gasteiger partial charge is 0.329 e. The first kappa shape index (κ1) is 21.8. The fourth-order valence-electron chi connectivity index (χ4n) is 2.24. The van der Waals surface area contributed by atoms with Crippen LogP contribution in [0.1, 0.15) is 11.1 Å². The van der Waals surface area contributed by atoms with Crippen molar-refractivity contribution in [1.29, 1.82) is 0 Å². The first-order valence-electron chi connectivity index (χ1n) is 8.69. The summed E-state index contributed by atoms with van der Waals surface area (Å²) in [5.74, 6) is -1.21. The van der Waals surface area contributed by atoms with Crippen molar-refractivity contribution in [3.63, 3.8) is 0 Å². The highest BCUT2D eigenvalue weighted by Gasteiger charge is 2.13. The van der Waals surface area contributed by atoms with Crippen molar-refractivity contribution < 1.29 is 28.2 Å². The van der Waals surface area contributed by atoms with Gasteiger partial charge in [-0.15, -0.1) is 0 Å². The molecule has 0 bridgehead atoms. The third-order valence-corrected chi connectivity index (χ3v) is 3.69. The van der Waals surface area contributed by atoms with Gasteiger partial charge < -0.3 is 19.5 Å². The van der Waals surface area contributed by atoms with Crippen molar-refractivity contribution in [3.8, 4) is 11.5 Å². The van der Waals surface area contributed by atoms with Gasteiger partial charge in [-0.25, -0.2) is 9.82 Å². The number of nitrogens with zero attached hydrogens (tertiary/aromatic N) is 1. The number of para-hydroxylation sites is 1. The molecule has 2 aromatic rings. The molecular weight excluding hydrogens is 381 g/mol. The maximum atomic E-state index is 13.0. The maximum Gasteiger partial charge on any atom is 0.329 e. The molecule has 0 saturated heterocycles. The van der Waals surface area contributed by atoms with E-state index >= 15 is 0 Å². The van der Waals surface area contributed by atoms with Crippen LogP contribution in [-0.4, -0.2) is 45.4 Å². The summed E-state index contributed by atoms with van der Waals surface area (Å²) >= 11 is 0. The van der Waals surface area contributed by atoms with Gasteiger partial charge in [0.05, 0.1) is 19.9 Å². The fourth-order valence-corrected chi connectivity index (χ4v) is 2.24. The fraction of sp³-hybridized carbons (Fsp3) is 0.250. The average molecular weight is 403 g/mol. The molecule has 2 rings (SSSR count). The van der Waals surface area contributed by atoms with Crippen LogP contribution in [0.4, 0.5) is 4.39 Å². The van der Waals surface area contributed by atoms with Crippen molar-refractivity contribution in [2.75, 3.05) is 27.4 Å². The normalized spacial score (nSPS) is 10.6. The minimum absolute atomic E-state index is 0.176. The Labute approximate surface area is 167 Å². The second-order valence-corrected chi connectivity index (χ2v) is 5.74. The lowest BCUT2D eigenvalue weighted by molar-refractivity contribution is -0.139. The highest BCUT2D eigenvalue weighted by molar-refractivity contribution is 6.35. The number of hydrazone groups is 1. The van der Waals surface area contributed by atoms with Gasteiger partial charge in [-0.1, -0.05) is 18.2 Å². The van der Waals surface area contributed by atoms with E-state index in [9.17, 15) is 14.0 Å². The van der Waals surface area contributed by atoms with Gasteiger partial charge in [-0.3, -0.25) is 9.59 Å². The molecule has 8 nitrogen and oxygen atoms in total. The summed E-state index contributed by atoms with van der Waals surface area (Å²) in [6.45, 7) is 0.681. The Balaban J connectivity index is 2.04. The predicted molar refractivity (Wildman–Crippen MR) is 104 cm³/mol. The average Bonchev–Trinajstić information content (AvgIpc) is 2.73. The van der Waals surface area contributed by atoms with Gasteiger partial charge in [0.25, 0.3) is 0 Å². The van der Waals surface area contributed by atoms with Gasteiger partial charge in [-0.2, -0.15) is 5.10 Å². The van der Waals surface area contributed by atoms with E-state index < -0.39 is 11.8 Å². The monoisotopic (exact) mass is 403 g/mol. The molecule has 0 aliphatic rings. The lowest BCUT2D eigenvalue weighted by atomic mass is 10.2. The Bertz CT molecular complexity index is 856.